The van der Waals surface area contributed by atoms with E-state index in [4.69, 9.17) is 4.74 Å². The van der Waals surface area contributed by atoms with E-state index in [1.54, 1.807) is 19.2 Å². The number of rotatable bonds is 6. The van der Waals surface area contributed by atoms with E-state index < -0.39 is 5.97 Å². The van der Waals surface area contributed by atoms with E-state index in [1.807, 2.05) is 41.6 Å². The van der Waals surface area contributed by atoms with Gasteiger partial charge >= 0.3 is 5.97 Å². The molecule has 1 fully saturated rings. The van der Waals surface area contributed by atoms with Crippen molar-refractivity contribution in [2.75, 3.05) is 13.2 Å². The fraction of sp³-hybridized carbons (Fsp3) is 0.435. The van der Waals surface area contributed by atoms with Gasteiger partial charge in [-0.2, -0.15) is 0 Å². The first-order chi connectivity index (χ1) is 14.0. The van der Waals surface area contributed by atoms with Crippen LogP contribution in [0.25, 0.3) is 0 Å². The Labute approximate surface area is 172 Å². The third kappa shape index (κ3) is 3.97. The number of hydrogen-bond donors (Lipinski definition) is 0. The number of amides is 1. The number of esters is 1. The van der Waals surface area contributed by atoms with Crippen LogP contribution in [0.1, 0.15) is 69.9 Å². The third-order valence-corrected chi connectivity index (χ3v) is 5.59. The first-order valence-electron chi connectivity index (χ1n) is 10.2. The highest BCUT2D eigenvalue weighted by molar-refractivity contribution is 6.01. The van der Waals surface area contributed by atoms with Gasteiger partial charge in [-0.1, -0.05) is 12.1 Å². The van der Waals surface area contributed by atoms with Crippen LogP contribution in [0.2, 0.25) is 0 Å². The summed E-state index contributed by atoms with van der Waals surface area (Å²) in [6, 6.07) is 3.93. The summed E-state index contributed by atoms with van der Waals surface area (Å²) in [4.78, 5) is 32.5. The summed E-state index contributed by atoms with van der Waals surface area (Å²) in [7, 11) is 0. The predicted octanol–water partition coefficient (Wildman–Crippen LogP) is 4.23. The number of aromatic nitrogens is 2. The molecule has 6 nitrogen and oxygen atoms in total. The molecular weight excluding hydrogens is 366 g/mol. The summed E-state index contributed by atoms with van der Waals surface area (Å²) >= 11 is 0. The zero-order valence-corrected chi connectivity index (χ0v) is 17.5. The van der Waals surface area contributed by atoms with Crippen LogP contribution in [0.4, 0.5) is 0 Å². The normalized spacial score (nSPS) is 16.5. The number of allylic oxidation sites excluding steroid dienone is 1. The number of carbonyl (C=O) groups is 2. The van der Waals surface area contributed by atoms with Gasteiger partial charge in [-0.25, -0.2) is 4.79 Å². The van der Waals surface area contributed by atoms with Crippen molar-refractivity contribution < 1.29 is 14.3 Å². The molecule has 0 radical (unpaired) electrons. The minimum Gasteiger partial charge on any atom is -0.461 e. The van der Waals surface area contributed by atoms with Crippen molar-refractivity contribution in [1.82, 2.24) is 14.5 Å². The highest BCUT2D eigenvalue weighted by Crippen LogP contribution is 2.34. The summed E-state index contributed by atoms with van der Waals surface area (Å²) in [6.07, 6.45) is 8.26. The lowest BCUT2D eigenvalue weighted by atomic mass is 9.95. The van der Waals surface area contributed by atoms with Gasteiger partial charge in [-0.15, -0.1) is 6.58 Å². The van der Waals surface area contributed by atoms with Gasteiger partial charge in [-0.3, -0.25) is 9.78 Å². The van der Waals surface area contributed by atoms with Crippen LogP contribution in [-0.4, -0.2) is 39.5 Å². The molecule has 0 N–H and O–H groups in total. The SMILES string of the molecule is C=CCn1c(C)c(C(=O)N2CCCCC2c2cccnc2)c(C)c1C(=O)OCC. The first-order valence-corrected chi connectivity index (χ1v) is 10.2. The average molecular weight is 396 g/mol. The fourth-order valence-electron chi connectivity index (χ4n) is 4.27. The monoisotopic (exact) mass is 395 g/mol. The van der Waals surface area contributed by atoms with E-state index >= 15 is 0 Å². The van der Waals surface area contributed by atoms with E-state index in [0.717, 1.165) is 30.5 Å². The molecular formula is C23H29N3O3. The van der Waals surface area contributed by atoms with Crippen LogP contribution < -0.4 is 0 Å². The Morgan fingerprint density at radius 2 is 2.14 bits per heavy atom. The molecule has 1 unspecified atom stereocenters. The van der Waals surface area contributed by atoms with Crippen molar-refractivity contribution in [2.45, 2.75) is 52.6 Å². The molecule has 0 aliphatic carbocycles. The van der Waals surface area contributed by atoms with E-state index in [2.05, 4.69) is 11.6 Å². The van der Waals surface area contributed by atoms with Crippen LogP contribution in [0, 0.1) is 13.8 Å². The van der Waals surface area contributed by atoms with Crippen LogP contribution >= 0.6 is 0 Å². The minimum atomic E-state index is -0.406. The zero-order valence-electron chi connectivity index (χ0n) is 17.5. The lowest BCUT2D eigenvalue weighted by molar-refractivity contribution is 0.0513. The van der Waals surface area contributed by atoms with Gasteiger partial charge in [0, 0.05) is 31.2 Å². The smallest absolute Gasteiger partial charge is 0.355 e. The lowest BCUT2D eigenvalue weighted by Crippen LogP contribution is -2.39. The van der Waals surface area contributed by atoms with Gasteiger partial charge in [0.2, 0.25) is 0 Å². The van der Waals surface area contributed by atoms with Gasteiger partial charge in [-0.05, 0) is 57.2 Å². The zero-order chi connectivity index (χ0) is 21.0. The van der Waals surface area contributed by atoms with Crippen molar-refractivity contribution in [1.29, 1.82) is 0 Å². The Balaban J connectivity index is 2.04. The average Bonchev–Trinajstić information content (AvgIpc) is 2.98. The Morgan fingerprint density at radius 3 is 2.79 bits per heavy atom. The molecule has 29 heavy (non-hydrogen) atoms. The van der Waals surface area contributed by atoms with Crippen LogP contribution in [0.5, 0.6) is 0 Å². The topological polar surface area (TPSA) is 64.4 Å². The quantitative estimate of drug-likeness (QED) is 0.542. The molecule has 2 aromatic heterocycles. The molecule has 0 spiro atoms. The maximum Gasteiger partial charge on any atom is 0.355 e. The van der Waals surface area contributed by atoms with Crippen LogP contribution in [-0.2, 0) is 11.3 Å². The van der Waals surface area contributed by atoms with Gasteiger partial charge in [0.15, 0.2) is 0 Å². The molecule has 0 bridgehead atoms. The van der Waals surface area contributed by atoms with E-state index in [-0.39, 0.29) is 18.6 Å². The Hall–Kier alpha value is -2.89. The first kappa shape index (κ1) is 20.8. The molecule has 1 aliphatic rings. The van der Waals surface area contributed by atoms with E-state index in [9.17, 15) is 9.59 Å². The number of hydrogen-bond acceptors (Lipinski definition) is 4. The third-order valence-electron chi connectivity index (χ3n) is 5.59. The highest BCUT2D eigenvalue weighted by atomic mass is 16.5. The number of pyridine rings is 1. The molecule has 1 amide bonds. The van der Waals surface area contributed by atoms with Gasteiger partial charge in [0.1, 0.15) is 5.69 Å². The van der Waals surface area contributed by atoms with Crippen molar-refractivity contribution in [3.63, 3.8) is 0 Å². The number of ether oxygens (including phenoxy) is 1. The van der Waals surface area contributed by atoms with E-state index in [0.29, 0.717) is 29.9 Å². The fourth-order valence-corrected chi connectivity index (χ4v) is 4.27. The second-order valence-corrected chi connectivity index (χ2v) is 7.35. The van der Waals surface area contributed by atoms with Crippen LogP contribution in [0.15, 0.2) is 37.2 Å². The van der Waals surface area contributed by atoms with Gasteiger partial charge < -0.3 is 14.2 Å². The Morgan fingerprint density at radius 1 is 1.34 bits per heavy atom. The molecule has 0 saturated carbocycles. The molecule has 1 atom stereocenters. The summed E-state index contributed by atoms with van der Waals surface area (Å²) < 4.78 is 7.08. The standard InChI is InChI=1S/C23H29N3O3/c1-5-13-25-17(4)20(16(3)21(25)23(28)29-6-2)22(27)26-14-8-7-11-19(26)18-10-9-12-24-15-18/h5,9-10,12,15,19H,1,6-8,11,13-14H2,2-4H3. The number of piperidine rings is 1. The summed E-state index contributed by atoms with van der Waals surface area (Å²) in [5.41, 5.74) is 3.51. The molecule has 3 rings (SSSR count). The number of likely N-dealkylation sites (tertiary alicyclic amines) is 1. The largest absolute Gasteiger partial charge is 0.461 e. The molecule has 0 aromatic carbocycles. The van der Waals surface area contributed by atoms with E-state index in [1.165, 1.54) is 0 Å². The van der Waals surface area contributed by atoms with Crippen LogP contribution in [0.3, 0.4) is 0 Å². The molecule has 6 heteroatoms. The van der Waals surface area contributed by atoms with Gasteiger partial charge in [0.05, 0.1) is 18.2 Å². The molecule has 154 valence electrons. The molecule has 1 aliphatic heterocycles. The van der Waals surface area contributed by atoms with Crippen molar-refractivity contribution >= 4 is 11.9 Å². The van der Waals surface area contributed by atoms with Crippen molar-refractivity contribution in [2.24, 2.45) is 0 Å². The highest BCUT2D eigenvalue weighted by Gasteiger charge is 2.34. The maximum atomic E-state index is 13.7. The number of carbonyl (C=O) groups excluding carboxylic acids is 2. The molecule has 3 heterocycles. The second-order valence-electron chi connectivity index (χ2n) is 7.35. The maximum absolute atomic E-state index is 13.7. The summed E-state index contributed by atoms with van der Waals surface area (Å²) in [5.74, 6) is -0.446. The van der Waals surface area contributed by atoms with Gasteiger partial charge in [0.25, 0.3) is 5.91 Å². The summed E-state index contributed by atoms with van der Waals surface area (Å²) in [5, 5.41) is 0. The Kier molecular flexibility index (Phi) is 6.52. The summed E-state index contributed by atoms with van der Waals surface area (Å²) in [6.45, 7) is 10.7. The predicted molar refractivity (Wildman–Crippen MR) is 112 cm³/mol. The van der Waals surface area contributed by atoms with Crippen molar-refractivity contribution in [3.8, 4) is 0 Å². The number of nitrogens with zero attached hydrogens (tertiary/aromatic N) is 3. The van der Waals surface area contributed by atoms with Crippen molar-refractivity contribution in [3.05, 3.63) is 65.3 Å². The Bertz CT molecular complexity index is 902. The second kappa shape index (κ2) is 9.07. The molecule has 2 aromatic rings. The lowest BCUT2D eigenvalue weighted by Gasteiger charge is -2.36. The minimum absolute atomic E-state index is 0.00227. The molecule has 1 saturated heterocycles.